The van der Waals surface area contributed by atoms with Crippen molar-refractivity contribution in [1.82, 2.24) is 20.1 Å². The summed E-state index contributed by atoms with van der Waals surface area (Å²) in [6.45, 7) is 14.6. The Balaban J connectivity index is 1.36. The molecule has 3 fully saturated rings. The minimum atomic E-state index is -0.255. The Kier molecular flexibility index (Phi) is 9.76. The lowest BCUT2D eigenvalue weighted by atomic mass is 9.96. The lowest BCUT2D eigenvalue weighted by Crippen LogP contribution is -2.49. The third kappa shape index (κ3) is 7.07. The molecule has 1 aliphatic carbocycles. The monoisotopic (exact) mass is 593 g/mol. The van der Waals surface area contributed by atoms with Crippen molar-refractivity contribution in [2.75, 3.05) is 64.5 Å². The van der Waals surface area contributed by atoms with E-state index in [1.165, 1.54) is 12.7 Å². The van der Waals surface area contributed by atoms with Crippen LogP contribution in [0.15, 0.2) is 23.0 Å². The van der Waals surface area contributed by atoms with Crippen LogP contribution in [0.1, 0.15) is 70.4 Å². The summed E-state index contributed by atoms with van der Waals surface area (Å²) in [6.07, 6.45) is 2.77. The number of hydrogen-bond donors (Lipinski definition) is 2. The van der Waals surface area contributed by atoms with Gasteiger partial charge in [-0.2, -0.15) is 0 Å². The first kappa shape index (κ1) is 31.1. The lowest BCUT2D eigenvalue weighted by molar-refractivity contribution is 0.0845. The number of nitrogens with one attached hydrogen (secondary N) is 2. The topological polar surface area (TPSA) is 107 Å². The van der Waals surface area contributed by atoms with Gasteiger partial charge in [0.05, 0.1) is 7.11 Å². The largest absolute Gasteiger partial charge is 0.453 e. The maximum atomic E-state index is 13.8. The first-order valence-corrected chi connectivity index (χ1v) is 15.7. The van der Waals surface area contributed by atoms with Crippen molar-refractivity contribution in [3.05, 3.63) is 62.1 Å². The molecule has 2 aliphatic heterocycles. The molecule has 3 aliphatic rings. The number of hydrogen-bond acceptors (Lipinski definition) is 7. The number of aromatic amines is 1. The number of aryl methyl sites for hydroxylation is 2. The van der Waals surface area contributed by atoms with Crippen molar-refractivity contribution < 1.29 is 19.1 Å². The molecule has 2 unspecified atom stereocenters. The maximum absolute atomic E-state index is 13.8. The minimum absolute atomic E-state index is 0.154. The Labute approximate surface area is 254 Å². The summed E-state index contributed by atoms with van der Waals surface area (Å²) in [5, 5.41) is 3.05. The molecule has 0 radical (unpaired) electrons. The molecule has 1 aromatic carbocycles. The molecule has 2 saturated heterocycles. The van der Waals surface area contributed by atoms with Gasteiger partial charge in [0.15, 0.2) is 0 Å². The van der Waals surface area contributed by atoms with Crippen molar-refractivity contribution in [2.45, 2.75) is 65.5 Å². The van der Waals surface area contributed by atoms with Crippen LogP contribution in [0.4, 0.5) is 10.5 Å². The van der Waals surface area contributed by atoms with E-state index >= 15 is 0 Å². The van der Waals surface area contributed by atoms with Crippen LogP contribution < -0.4 is 15.8 Å². The second kappa shape index (κ2) is 13.5. The van der Waals surface area contributed by atoms with E-state index in [1.54, 1.807) is 4.90 Å². The molecule has 0 bridgehead atoms. The maximum Gasteiger partial charge on any atom is 0.409 e. The first-order chi connectivity index (χ1) is 20.7. The van der Waals surface area contributed by atoms with Crippen molar-refractivity contribution in [1.29, 1.82) is 0 Å². The van der Waals surface area contributed by atoms with Crippen LogP contribution in [0.3, 0.4) is 0 Å². The fourth-order valence-electron chi connectivity index (χ4n) is 6.89. The van der Waals surface area contributed by atoms with E-state index < -0.39 is 0 Å². The normalized spacial score (nSPS) is 21.0. The zero-order valence-corrected chi connectivity index (χ0v) is 26.3. The predicted octanol–water partition coefficient (Wildman–Crippen LogP) is 3.72. The summed E-state index contributed by atoms with van der Waals surface area (Å²) in [5.74, 6) is 0.752. The van der Waals surface area contributed by atoms with Gasteiger partial charge in [-0.05, 0) is 93.7 Å². The second-order valence-electron chi connectivity index (χ2n) is 12.3. The third-order valence-electron chi connectivity index (χ3n) is 9.50. The first-order valence-electron chi connectivity index (χ1n) is 15.7. The average molecular weight is 594 g/mol. The number of ether oxygens (including phenoxy) is 2. The van der Waals surface area contributed by atoms with Crippen LogP contribution in [0.25, 0.3) is 0 Å². The number of carbonyl (C=O) groups excluding carboxylic acids is 2. The summed E-state index contributed by atoms with van der Waals surface area (Å²) in [5.41, 5.74) is 6.09. The summed E-state index contributed by atoms with van der Waals surface area (Å²) in [7, 11) is 1.43. The summed E-state index contributed by atoms with van der Waals surface area (Å²) < 4.78 is 10.5. The van der Waals surface area contributed by atoms with E-state index in [4.69, 9.17) is 9.47 Å². The number of aromatic nitrogens is 1. The number of carbonyl (C=O) groups is 2. The third-order valence-corrected chi connectivity index (χ3v) is 9.50. The van der Waals surface area contributed by atoms with Gasteiger partial charge < -0.3 is 29.6 Å². The zero-order valence-electron chi connectivity index (χ0n) is 26.3. The molecule has 2 atom stereocenters. The number of rotatable bonds is 9. The average Bonchev–Trinajstić information content (AvgIpc) is 3.77. The second-order valence-corrected chi connectivity index (χ2v) is 12.3. The number of methoxy groups -OCH3 is 1. The van der Waals surface area contributed by atoms with E-state index in [9.17, 15) is 14.4 Å². The van der Waals surface area contributed by atoms with Gasteiger partial charge >= 0.3 is 6.09 Å². The number of pyridine rings is 1. The van der Waals surface area contributed by atoms with Gasteiger partial charge in [0.2, 0.25) is 0 Å². The summed E-state index contributed by atoms with van der Waals surface area (Å²) in [6, 6.07) is 6.71. The van der Waals surface area contributed by atoms with Crippen LogP contribution in [-0.2, 0) is 16.0 Å². The minimum Gasteiger partial charge on any atom is -0.453 e. The van der Waals surface area contributed by atoms with Gasteiger partial charge in [-0.1, -0.05) is 0 Å². The van der Waals surface area contributed by atoms with Crippen LogP contribution in [0.2, 0.25) is 0 Å². The molecule has 2 aromatic rings. The molecule has 10 nitrogen and oxygen atoms in total. The molecule has 2 N–H and O–H groups in total. The van der Waals surface area contributed by atoms with Crippen LogP contribution in [0, 0.1) is 26.7 Å². The van der Waals surface area contributed by atoms with E-state index in [-0.39, 0.29) is 24.1 Å². The molecule has 0 spiro atoms. The Hall–Kier alpha value is -3.37. The van der Waals surface area contributed by atoms with E-state index in [2.05, 4.69) is 39.2 Å². The number of amides is 2. The van der Waals surface area contributed by atoms with Crippen LogP contribution >= 0.6 is 0 Å². The van der Waals surface area contributed by atoms with Crippen LogP contribution in [-0.4, -0.2) is 92.4 Å². The zero-order chi connectivity index (χ0) is 30.7. The highest BCUT2D eigenvalue weighted by atomic mass is 16.5. The molecular formula is C33H47N5O5. The Morgan fingerprint density at radius 1 is 1.09 bits per heavy atom. The standard InChI is InChI=1S/C33H47N5O5/c1-6-38(26-7-13-43-14-8-26)30-18-24(28-17-25(28)20-36-9-11-37(12-10-36)33(41)42-5)16-27(23(30)4)31(39)34-19-29-21(2)15-22(3)35-32(29)40/h15-16,18,25-26,28H,6-14,17,19-20H2,1-5H3,(H,34,39)(H,35,40). The molecule has 1 saturated carbocycles. The van der Waals surface area contributed by atoms with Gasteiger partial charge in [0, 0.05) is 87.6 Å². The highest BCUT2D eigenvalue weighted by Gasteiger charge is 2.41. The van der Waals surface area contributed by atoms with Crippen molar-refractivity contribution in [2.24, 2.45) is 5.92 Å². The quantitative estimate of drug-likeness (QED) is 0.456. The fraction of sp³-hybridized carbons (Fsp3) is 0.606. The molecule has 234 valence electrons. The molecule has 3 heterocycles. The molecular weight excluding hydrogens is 546 g/mol. The number of anilines is 1. The molecule has 43 heavy (non-hydrogen) atoms. The number of benzene rings is 1. The summed E-state index contributed by atoms with van der Waals surface area (Å²) in [4.78, 5) is 47.8. The number of piperazine rings is 1. The van der Waals surface area contributed by atoms with Crippen molar-refractivity contribution in [3.63, 3.8) is 0 Å². The number of nitrogens with zero attached hydrogens (tertiary/aromatic N) is 3. The van der Waals surface area contributed by atoms with Crippen molar-refractivity contribution >= 4 is 17.7 Å². The Bertz CT molecular complexity index is 1380. The number of H-pyrrole nitrogens is 1. The fourth-order valence-corrected chi connectivity index (χ4v) is 6.89. The van der Waals surface area contributed by atoms with Gasteiger partial charge in [-0.25, -0.2) is 4.79 Å². The van der Waals surface area contributed by atoms with Gasteiger partial charge in [-0.3, -0.25) is 14.5 Å². The lowest BCUT2D eigenvalue weighted by Gasteiger charge is -2.37. The van der Waals surface area contributed by atoms with E-state index in [0.29, 0.717) is 42.1 Å². The Morgan fingerprint density at radius 3 is 2.47 bits per heavy atom. The highest BCUT2D eigenvalue weighted by Crippen LogP contribution is 2.49. The van der Waals surface area contributed by atoms with Gasteiger partial charge in [0.25, 0.3) is 11.5 Å². The van der Waals surface area contributed by atoms with E-state index in [0.717, 1.165) is 81.2 Å². The predicted molar refractivity (Wildman–Crippen MR) is 167 cm³/mol. The molecule has 5 rings (SSSR count). The SMILES string of the molecule is CCN(c1cc(C2CC2CN2CCN(C(=O)OC)CC2)cc(C(=O)NCc2c(C)cc(C)[nH]c2=O)c1C)C1CCOCC1. The molecule has 10 heteroatoms. The van der Waals surface area contributed by atoms with Crippen molar-refractivity contribution in [3.8, 4) is 0 Å². The van der Waals surface area contributed by atoms with Gasteiger partial charge in [0.1, 0.15) is 0 Å². The molecule has 2 amide bonds. The van der Waals surface area contributed by atoms with Gasteiger partial charge in [-0.15, -0.1) is 0 Å². The summed E-state index contributed by atoms with van der Waals surface area (Å²) >= 11 is 0. The van der Waals surface area contributed by atoms with E-state index in [1.807, 2.05) is 26.8 Å². The smallest absolute Gasteiger partial charge is 0.409 e. The Morgan fingerprint density at radius 2 is 1.81 bits per heavy atom. The molecule has 1 aromatic heterocycles. The van der Waals surface area contributed by atoms with Crippen LogP contribution in [0.5, 0.6) is 0 Å². The highest BCUT2D eigenvalue weighted by molar-refractivity contribution is 5.97.